The van der Waals surface area contributed by atoms with Crippen LogP contribution in [0.5, 0.6) is 0 Å². The Hall–Kier alpha value is -2.19. The van der Waals surface area contributed by atoms with Crippen LogP contribution in [-0.2, 0) is 10.1 Å². The molecule has 0 radical (unpaired) electrons. The van der Waals surface area contributed by atoms with Crippen LogP contribution in [0.25, 0.3) is 0 Å². The Kier molecular flexibility index (Phi) is 3.13. The van der Waals surface area contributed by atoms with Crippen molar-refractivity contribution in [2.45, 2.75) is 4.90 Å². The number of aromatic nitrogens is 2. The molecule has 1 aromatic carbocycles. The first-order valence-electron chi connectivity index (χ1n) is 4.88. The topological polar surface area (TPSA) is 118 Å². The first-order valence-corrected chi connectivity index (χ1v) is 6.32. The summed E-state index contributed by atoms with van der Waals surface area (Å²) in [7, 11) is -4.22. The van der Waals surface area contributed by atoms with E-state index in [9.17, 15) is 8.42 Å². The molecule has 2 aromatic rings. The van der Waals surface area contributed by atoms with E-state index < -0.39 is 10.1 Å². The normalized spacial score (nSPS) is 11.2. The smallest absolute Gasteiger partial charge is 0.294 e. The third kappa shape index (κ3) is 2.93. The summed E-state index contributed by atoms with van der Waals surface area (Å²) < 4.78 is 30.9. The van der Waals surface area contributed by atoms with Crippen LogP contribution in [0.2, 0.25) is 0 Å². The van der Waals surface area contributed by atoms with Crippen molar-refractivity contribution in [2.75, 3.05) is 11.1 Å². The molecule has 0 aliphatic carbocycles. The van der Waals surface area contributed by atoms with E-state index >= 15 is 0 Å². The summed E-state index contributed by atoms with van der Waals surface area (Å²) in [6, 6.07) is 7.28. The summed E-state index contributed by atoms with van der Waals surface area (Å²) >= 11 is 0. The maximum absolute atomic E-state index is 11.0. The highest BCUT2D eigenvalue weighted by Gasteiger charge is 2.09. The Balaban J connectivity index is 2.30. The summed E-state index contributed by atoms with van der Waals surface area (Å²) in [6.45, 7) is 0. The van der Waals surface area contributed by atoms with Crippen LogP contribution in [0.4, 0.5) is 17.5 Å². The second kappa shape index (κ2) is 4.59. The van der Waals surface area contributed by atoms with Gasteiger partial charge >= 0.3 is 0 Å². The van der Waals surface area contributed by atoms with Gasteiger partial charge in [-0.2, -0.15) is 13.4 Å². The molecule has 0 amide bonds. The van der Waals surface area contributed by atoms with Crippen molar-refractivity contribution in [2.24, 2.45) is 0 Å². The van der Waals surface area contributed by atoms with Gasteiger partial charge < -0.3 is 11.1 Å². The minimum absolute atomic E-state index is 0.103. The molecule has 0 aliphatic heterocycles. The number of nitrogens with one attached hydrogen (secondary N) is 1. The molecule has 0 saturated carbocycles. The molecule has 0 saturated heterocycles. The number of anilines is 3. The molecule has 1 heterocycles. The van der Waals surface area contributed by atoms with E-state index in [1.165, 1.54) is 24.4 Å². The van der Waals surface area contributed by atoms with E-state index in [0.717, 1.165) is 0 Å². The molecule has 0 bridgehead atoms. The van der Waals surface area contributed by atoms with Crippen molar-refractivity contribution in [1.29, 1.82) is 0 Å². The lowest BCUT2D eigenvalue weighted by molar-refractivity contribution is 0.483. The zero-order valence-electron chi connectivity index (χ0n) is 9.11. The second-order valence-corrected chi connectivity index (χ2v) is 4.85. The lowest BCUT2D eigenvalue weighted by atomic mass is 10.3. The van der Waals surface area contributed by atoms with Crippen molar-refractivity contribution >= 4 is 27.6 Å². The fourth-order valence-corrected chi connectivity index (χ4v) is 1.85. The van der Waals surface area contributed by atoms with E-state index in [1.807, 2.05) is 0 Å². The molecule has 8 heteroatoms. The van der Waals surface area contributed by atoms with E-state index in [0.29, 0.717) is 11.5 Å². The first-order chi connectivity index (χ1) is 8.45. The predicted molar refractivity (Wildman–Crippen MR) is 66.0 cm³/mol. The van der Waals surface area contributed by atoms with Crippen molar-refractivity contribution < 1.29 is 13.0 Å². The molecule has 2 rings (SSSR count). The van der Waals surface area contributed by atoms with E-state index in [2.05, 4.69) is 15.3 Å². The maximum atomic E-state index is 11.0. The quantitative estimate of drug-likeness (QED) is 0.710. The Labute approximate surface area is 103 Å². The summed E-state index contributed by atoms with van der Waals surface area (Å²) in [4.78, 5) is 7.43. The number of hydrogen-bond donors (Lipinski definition) is 3. The molecule has 18 heavy (non-hydrogen) atoms. The van der Waals surface area contributed by atoms with Gasteiger partial charge in [-0.3, -0.25) is 4.55 Å². The van der Waals surface area contributed by atoms with Gasteiger partial charge in [-0.1, -0.05) is 6.07 Å². The van der Waals surface area contributed by atoms with Gasteiger partial charge in [-0.05, 0) is 24.3 Å². The van der Waals surface area contributed by atoms with Crippen LogP contribution in [0.3, 0.4) is 0 Å². The third-order valence-corrected chi connectivity index (χ3v) is 2.93. The largest absolute Gasteiger partial charge is 0.368 e. The standard InChI is InChI=1S/C10H10N4O3S/c11-10-12-5-4-9(14-10)13-7-2-1-3-8(6-7)18(15,16)17/h1-6H,(H,15,16,17)(H3,11,12,13,14). The highest BCUT2D eigenvalue weighted by molar-refractivity contribution is 7.85. The Morgan fingerprint density at radius 3 is 2.72 bits per heavy atom. The minimum atomic E-state index is -4.22. The number of benzene rings is 1. The number of rotatable bonds is 3. The van der Waals surface area contributed by atoms with Gasteiger partial charge in [0.05, 0.1) is 4.90 Å². The van der Waals surface area contributed by atoms with Crippen LogP contribution in [0, 0.1) is 0 Å². The van der Waals surface area contributed by atoms with Gasteiger partial charge in [-0.25, -0.2) is 4.98 Å². The molecule has 0 fully saturated rings. The van der Waals surface area contributed by atoms with Crippen LogP contribution >= 0.6 is 0 Å². The summed E-state index contributed by atoms with van der Waals surface area (Å²) in [6.07, 6.45) is 1.47. The Morgan fingerprint density at radius 1 is 1.28 bits per heavy atom. The molecule has 7 nitrogen and oxygen atoms in total. The fourth-order valence-electron chi connectivity index (χ4n) is 1.33. The number of nitrogens with two attached hydrogens (primary N) is 1. The second-order valence-electron chi connectivity index (χ2n) is 3.43. The van der Waals surface area contributed by atoms with Gasteiger partial charge in [0.1, 0.15) is 5.82 Å². The maximum Gasteiger partial charge on any atom is 0.294 e. The van der Waals surface area contributed by atoms with Gasteiger partial charge in [0.15, 0.2) is 0 Å². The Bertz CT molecular complexity index is 672. The Morgan fingerprint density at radius 2 is 2.06 bits per heavy atom. The average Bonchev–Trinajstić information content (AvgIpc) is 2.28. The molecule has 94 valence electrons. The fraction of sp³-hybridized carbons (Fsp3) is 0. The van der Waals surface area contributed by atoms with Gasteiger partial charge in [0.25, 0.3) is 10.1 Å². The highest BCUT2D eigenvalue weighted by Crippen LogP contribution is 2.18. The van der Waals surface area contributed by atoms with Gasteiger partial charge in [0.2, 0.25) is 5.95 Å². The number of nitrogen functional groups attached to an aromatic ring is 1. The van der Waals surface area contributed by atoms with E-state index in [4.69, 9.17) is 10.3 Å². The van der Waals surface area contributed by atoms with E-state index in [-0.39, 0.29) is 10.8 Å². The molecule has 1 aromatic heterocycles. The van der Waals surface area contributed by atoms with Gasteiger partial charge in [0, 0.05) is 11.9 Å². The van der Waals surface area contributed by atoms with Crippen molar-refractivity contribution in [3.63, 3.8) is 0 Å². The number of nitrogens with zero attached hydrogens (tertiary/aromatic N) is 2. The molecule has 0 atom stereocenters. The predicted octanol–water partition coefficient (Wildman–Crippen LogP) is 1.05. The first kappa shape index (κ1) is 12.3. The molecular formula is C10H10N4O3S. The van der Waals surface area contributed by atoms with Gasteiger partial charge in [-0.15, -0.1) is 0 Å². The molecule has 0 aliphatic rings. The highest BCUT2D eigenvalue weighted by atomic mass is 32.2. The van der Waals surface area contributed by atoms with Crippen molar-refractivity contribution in [3.05, 3.63) is 36.5 Å². The lowest BCUT2D eigenvalue weighted by Crippen LogP contribution is -2.01. The van der Waals surface area contributed by atoms with Crippen molar-refractivity contribution in [1.82, 2.24) is 9.97 Å². The molecular weight excluding hydrogens is 256 g/mol. The van der Waals surface area contributed by atoms with Crippen LogP contribution in [-0.4, -0.2) is 22.9 Å². The molecule has 4 N–H and O–H groups in total. The number of hydrogen-bond acceptors (Lipinski definition) is 6. The average molecular weight is 266 g/mol. The van der Waals surface area contributed by atoms with Crippen LogP contribution < -0.4 is 11.1 Å². The third-order valence-electron chi connectivity index (χ3n) is 2.08. The van der Waals surface area contributed by atoms with Crippen LogP contribution in [0.1, 0.15) is 0 Å². The summed E-state index contributed by atoms with van der Waals surface area (Å²) in [5, 5.41) is 2.85. The zero-order chi connectivity index (χ0) is 13.2. The molecule has 0 unspecified atom stereocenters. The zero-order valence-corrected chi connectivity index (χ0v) is 9.92. The van der Waals surface area contributed by atoms with E-state index in [1.54, 1.807) is 12.1 Å². The monoisotopic (exact) mass is 266 g/mol. The minimum Gasteiger partial charge on any atom is -0.368 e. The SMILES string of the molecule is Nc1nccc(Nc2cccc(S(=O)(=O)O)c2)n1. The lowest BCUT2D eigenvalue weighted by Gasteiger charge is -2.06. The summed E-state index contributed by atoms with van der Waals surface area (Å²) in [5.41, 5.74) is 5.87. The summed E-state index contributed by atoms with van der Waals surface area (Å²) in [5.74, 6) is 0.529. The van der Waals surface area contributed by atoms with Crippen molar-refractivity contribution in [3.8, 4) is 0 Å². The van der Waals surface area contributed by atoms with Crippen LogP contribution in [0.15, 0.2) is 41.4 Å². The molecule has 0 spiro atoms.